The maximum absolute atomic E-state index is 15.1. The molecule has 4 N–H and O–H groups in total. The highest BCUT2D eigenvalue weighted by atomic mass is 35.5. The maximum Gasteiger partial charge on any atom is 0.263 e. The van der Waals surface area contributed by atoms with Crippen molar-refractivity contribution >= 4 is 44.2 Å². The Morgan fingerprint density at radius 3 is 2.66 bits per heavy atom. The van der Waals surface area contributed by atoms with Gasteiger partial charge in [0.05, 0.1) is 16.2 Å². The number of nitrogens with zero attached hydrogens (tertiary/aromatic N) is 2. The van der Waals surface area contributed by atoms with Crippen molar-refractivity contribution in [2.45, 2.75) is 56.0 Å². The number of aryl methyl sites for hydroxylation is 1. The van der Waals surface area contributed by atoms with E-state index >= 15 is 4.39 Å². The smallest absolute Gasteiger partial charge is 0.263 e. The van der Waals surface area contributed by atoms with Crippen LogP contribution in [0.4, 0.5) is 16.0 Å². The van der Waals surface area contributed by atoms with E-state index in [9.17, 15) is 8.42 Å². The third kappa shape index (κ3) is 5.60. The topological polar surface area (TPSA) is 110 Å². The molecule has 10 heteroatoms. The summed E-state index contributed by atoms with van der Waals surface area (Å²) < 4.78 is 42.9. The standard InChI is InChI=1S/C28H29ClFN5O2S/c1-2-17-12-19(13-20-16-32-28(34-27(17)20)33-22-7-5-6-21(31)15-22)18-10-11-25(24(30)14-18)35-38(36,37)26-9-4-3-8-23(26)29/h3-4,8-14,16,21-22,35H,2,5-7,15,31H2,1H3,(H,32,33,34)/t21-,22?/m0/s1. The highest BCUT2D eigenvalue weighted by molar-refractivity contribution is 7.92. The third-order valence-electron chi connectivity index (χ3n) is 6.86. The molecule has 0 aliphatic heterocycles. The molecule has 2 atom stereocenters. The van der Waals surface area contributed by atoms with Crippen LogP contribution in [0.2, 0.25) is 5.02 Å². The lowest BCUT2D eigenvalue weighted by molar-refractivity contribution is 0.408. The molecule has 4 aromatic rings. The Hall–Kier alpha value is -3.27. The number of hydrogen-bond acceptors (Lipinski definition) is 6. The molecule has 1 aromatic heterocycles. The van der Waals surface area contributed by atoms with Crippen LogP contribution in [0.3, 0.4) is 0 Å². The molecule has 1 aliphatic rings. The van der Waals surface area contributed by atoms with Crippen molar-refractivity contribution in [3.8, 4) is 11.1 Å². The molecule has 5 rings (SSSR count). The quantitative estimate of drug-likeness (QED) is 0.254. The Kier molecular flexibility index (Phi) is 7.52. The van der Waals surface area contributed by atoms with Crippen LogP contribution in [0.5, 0.6) is 0 Å². The largest absolute Gasteiger partial charge is 0.351 e. The molecule has 198 valence electrons. The number of aromatic nitrogens is 2. The predicted molar refractivity (Wildman–Crippen MR) is 150 cm³/mol. The lowest BCUT2D eigenvalue weighted by Crippen LogP contribution is -2.35. The number of fused-ring (bicyclic) bond motifs is 1. The molecule has 0 amide bonds. The minimum atomic E-state index is -4.05. The molecule has 0 bridgehead atoms. The van der Waals surface area contributed by atoms with E-state index in [-0.39, 0.29) is 27.7 Å². The van der Waals surface area contributed by atoms with Crippen molar-refractivity contribution in [1.29, 1.82) is 0 Å². The minimum absolute atomic E-state index is 0.0585. The highest BCUT2D eigenvalue weighted by Crippen LogP contribution is 2.31. The van der Waals surface area contributed by atoms with Crippen LogP contribution in [-0.4, -0.2) is 30.5 Å². The summed E-state index contributed by atoms with van der Waals surface area (Å²) in [7, 11) is -4.05. The number of sulfonamides is 1. The third-order valence-corrected chi connectivity index (χ3v) is 8.73. The zero-order valence-corrected chi connectivity index (χ0v) is 22.5. The Balaban J connectivity index is 1.42. The average molecular weight is 554 g/mol. The molecule has 1 fully saturated rings. The summed E-state index contributed by atoms with van der Waals surface area (Å²) in [6, 6.07) is 14.8. The van der Waals surface area contributed by atoms with Gasteiger partial charge in [0.1, 0.15) is 10.7 Å². The van der Waals surface area contributed by atoms with Crippen molar-refractivity contribution in [2.24, 2.45) is 5.73 Å². The number of rotatable bonds is 7. The second-order valence-electron chi connectivity index (χ2n) is 9.62. The number of nitrogens with two attached hydrogens (primary N) is 1. The van der Waals surface area contributed by atoms with Gasteiger partial charge in [-0.3, -0.25) is 4.72 Å². The number of benzene rings is 3. The summed E-state index contributed by atoms with van der Waals surface area (Å²) in [5.41, 5.74) is 9.21. The predicted octanol–water partition coefficient (Wildman–Crippen LogP) is 6.13. The lowest BCUT2D eigenvalue weighted by atomic mass is 9.92. The maximum atomic E-state index is 15.1. The van der Waals surface area contributed by atoms with Crippen LogP contribution < -0.4 is 15.8 Å². The average Bonchev–Trinajstić information content (AvgIpc) is 2.89. The first kappa shape index (κ1) is 26.3. The Morgan fingerprint density at radius 2 is 1.92 bits per heavy atom. The zero-order valence-electron chi connectivity index (χ0n) is 20.9. The van der Waals surface area contributed by atoms with Crippen LogP contribution in [0.1, 0.15) is 38.2 Å². The van der Waals surface area contributed by atoms with Crippen LogP contribution in [0, 0.1) is 5.82 Å². The van der Waals surface area contributed by atoms with E-state index in [2.05, 4.69) is 15.0 Å². The molecular weight excluding hydrogens is 525 g/mol. The molecular formula is C28H29ClFN5O2S. The van der Waals surface area contributed by atoms with Gasteiger partial charge in [-0.05, 0) is 85.2 Å². The first-order valence-electron chi connectivity index (χ1n) is 12.6. The Morgan fingerprint density at radius 1 is 1.11 bits per heavy atom. The van der Waals surface area contributed by atoms with Crippen molar-refractivity contribution in [1.82, 2.24) is 9.97 Å². The normalized spacial score (nSPS) is 17.9. The van der Waals surface area contributed by atoms with E-state index in [1.165, 1.54) is 24.3 Å². The number of hydrogen-bond donors (Lipinski definition) is 3. The summed E-state index contributed by atoms with van der Waals surface area (Å²) in [6.45, 7) is 2.04. The summed E-state index contributed by atoms with van der Waals surface area (Å²) in [5.74, 6) is -0.113. The summed E-state index contributed by atoms with van der Waals surface area (Å²) >= 11 is 6.03. The van der Waals surface area contributed by atoms with Gasteiger partial charge in [0.25, 0.3) is 10.0 Å². The molecule has 3 aromatic carbocycles. The number of anilines is 2. The molecule has 38 heavy (non-hydrogen) atoms. The van der Waals surface area contributed by atoms with E-state index in [0.29, 0.717) is 11.5 Å². The molecule has 1 saturated carbocycles. The highest BCUT2D eigenvalue weighted by Gasteiger charge is 2.21. The van der Waals surface area contributed by atoms with Gasteiger partial charge in [0.15, 0.2) is 0 Å². The van der Waals surface area contributed by atoms with E-state index in [4.69, 9.17) is 22.3 Å². The summed E-state index contributed by atoms with van der Waals surface area (Å²) in [4.78, 5) is 9.18. The summed E-state index contributed by atoms with van der Waals surface area (Å²) in [5, 5.41) is 4.33. The van der Waals surface area contributed by atoms with Crippen molar-refractivity contribution < 1.29 is 12.8 Å². The fourth-order valence-electron chi connectivity index (χ4n) is 4.91. The van der Waals surface area contributed by atoms with Crippen LogP contribution >= 0.6 is 11.6 Å². The lowest BCUT2D eigenvalue weighted by Gasteiger charge is -2.27. The van der Waals surface area contributed by atoms with Crippen LogP contribution in [0.15, 0.2) is 65.7 Å². The number of nitrogens with one attached hydrogen (secondary N) is 2. The fourth-order valence-corrected chi connectivity index (χ4v) is 6.49. The first-order chi connectivity index (χ1) is 18.2. The second kappa shape index (κ2) is 10.8. The molecule has 1 unspecified atom stereocenters. The Bertz CT molecular complexity index is 1600. The molecule has 1 aliphatic carbocycles. The number of halogens is 2. The van der Waals surface area contributed by atoms with Crippen molar-refractivity contribution in [2.75, 3.05) is 10.0 Å². The molecule has 7 nitrogen and oxygen atoms in total. The SMILES string of the molecule is CCc1cc(-c2ccc(NS(=O)(=O)c3ccccc3Cl)c(F)c2)cc2cnc(NC3CCC[C@H](N)C3)nc12. The summed E-state index contributed by atoms with van der Waals surface area (Å²) in [6.07, 6.45) is 6.59. The van der Waals surface area contributed by atoms with Gasteiger partial charge in [0, 0.05) is 23.7 Å². The van der Waals surface area contributed by atoms with Gasteiger partial charge < -0.3 is 11.1 Å². The first-order valence-corrected chi connectivity index (χ1v) is 14.5. The molecule has 1 heterocycles. The van der Waals surface area contributed by atoms with Crippen molar-refractivity contribution in [3.05, 3.63) is 77.2 Å². The minimum Gasteiger partial charge on any atom is -0.351 e. The van der Waals surface area contributed by atoms with Crippen LogP contribution in [-0.2, 0) is 16.4 Å². The fraction of sp³-hybridized carbons (Fsp3) is 0.286. The van der Waals surface area contributed by atoms with E-state index in [1.807, 2.05) is 19.1 Å². The van der Waals surface area contributed by atoms with E-state index < -0.39 is 15.8 Å². The van der Waals surface area contributed by atoms with Gasteiger partial charge in [-0.15, -0.1) is 0 Å². The van der Waals surface area contributed by atoms with Crippen LogP contribution in [0.25, 0.3) is 22.0 Å². The van der Waals surface area contributed by atoms with Crippen molar-refractivity contribution in [3.63, 3.8) is 0 Å². The van der Waals surface area contributed by atoms with Gasteiger partial charge in [-0.25, -0.2) is 22.8 Å². The van der Waals surface area contributed by atoms with Gasteiger partial charge >= 0.3 is 0 Å². The van der Waals surface area contributed by atoms with Gasteiger partial charge in [-0.1, -0.05) is 36.7 Å². The molecule has 0 radical (unpaired) electrons. The second-order valence-corrected chi connectivity index (χ2v) is 11.7. The van der Waals surface area contributed by atoms with Gasteiger partial charge in [-0.2, -0.15) is 0 Å². The van der Waals surface area contributed by atoms with E-state index in [1.54, 1.807) is 24.4 Å². The monoisotopic (exact) mass is 553 g/mol. The van der Waals surface area contributed by atoms with E-state index in [0.717, 1.165) is 54.1 Å². The molecule has 0 spiro atoms. The zero-order chi connectivity index (χ0) is 26.9. The molecule has 0 saturated heterocycles. The Labute approximate surface area is 226 Å². The van der Waals surface area contributed by atoms with Gasteiger partial charge in [0.2, 0.25) is 5.95 Å².